The molecule has 21 heavy (non-hydrogen) atoms. The Morgan fingerprint density at radius 3 is 2.95 bits per heavy atom. The zero-order valence-corrected chi connectivity index (χ0v) is 11.9. The van der Waals surface area contributed by atoms with Crippen molar-refractivity contribution in [1.82, 2.24) is 15.0 Å². The van der Waals surface area contributed by atoms with E-state index in [0.29, 0.717) is 12.2 Å². The summed E-state index contributed by atoms with van der Waals surface area (Å²) >= 11 is 0. The van der Waals surface area contributed by atoms with Crippen molar-refractivity contribution in [3.63, 3.8) is 0 Å². The molecule has 0 aliphatic carbocycles. The average molecular weight is 284 g/mol. The number of imidazole rings is 1. The van der Waals surface area contributed by atoms with Crippen molar-refractivity contribution in [1.29, 1.82) is 0 Å². The Hall–Kier alpha value is -2.76. The summed E-state index contributed by atoms with van der Waals surface area (Å²) in [6.45, 7) is 2.52. The van der Waals surface area contributed by atoms with Gasteiger partial charge in [0, 0.05) is 11.4 Å². The molecule has 6 nitrogen and oxygen atoms in total. The normalized spacial score (nSPS) is 10.8. The molecule has 108 valence electrons. The lowest BCUT2D eigenvalue weighted by Gasteiger charge is -2.05. The van der Waals surface area contributed by atoms with E-state index in [1.807, 2.05) is 31.2 Å². The second-order valence-electron chi connectivity index (χ2n) is 4.80. The Bertz CT molecular complexity index is 788. The Labute approximate surface area is 121 Å². The fraction of sp³-hybridized carbons (Fsp3) is 0.200. The Balaban J connectivity index is 1.70. The van der Waals surface area contributed by atoms with Crippen LogP contribution < -0.4 is 5.32 Å². The minimum Gasteiger partial charge on any atom is -0.464 e. The minimum atomic E-state index is -0.365. The van der Waals surface area contributed by atoms with Crippen LogP contribution in [0.5, 0.6) is 0 Å². The molecular weight excluding hydrogens is 268 g/mol. The van der Waals surface area contributed by atoms with E-state index in [4.69, 9.17) is 0 Å². The summed E-state index contributed by atoms with van der Waals surface area (Å²) in [5, 5.41) is 3.30. The molecule has 0 bridgehead atoms. The quantitative estimate of drug-likeness (QED) is 0.643. The number of nitrogens with zero attached hydrogens (tertiary/aromatic N) is 1. The molecule has 6 heteroatoms. The predicted molar refractivity (Wildman–Crippen MR) is 80.3 cm³/mol. The van der Waals surface area contributed by atoms with Crippen LogP contribution in [-0.2, 0) is 11.3 Å². The summed E-state index contributed by atoms with van der Waals surface area (Å²) in [7, 11) is 1.36. The summed E-state index contributed by atoms with van der Waals surface area (Å²) in [5.41, 5.74) is 4.30. The molecule has 3 N–H and O–H groups in total. The lowest BCUT2D eigenvalue weighted by molar-refractivity contribution is 0.0594. The molecule has 0 fully saturated rings. The number of aromatic amines is 2. The van der Waals surface area contributed by atoms with Gasteiger partial charge < -0.3 is 20.0 Å². The van der Waals surface area contributed by atoms with Gasteiger partial charge in [-0.05, 0) is 37.3 Å². The van der Waals surface area contributed by atoms with E-state index in [2.05, 4.69) is 25.0 Å². The van der Waals surface area contributed by atoms with E-state index in [0.717, 1.165) is 28.2 Å². The van der Waals surface area contributed by atoms with E-state index in [9.17, 15) is 4.79 Å². The molecule has 1 aromatic carbocycles. The molecule has 0 saturated carbocycles. The summed E-state index contributed by atoms with van der Waals surface area (Å²) in [5.74, 6) is 0.532. The SMILES string of the molecule is COC(=O)c1ccc(CNc2ccc3nc(C)[nH]c3c2)[nH]1. The molecule has 0 unspecified atom stereocenters. The van der Waals surface area contributed by atoms with Gasteiger partial charge in [-0.25, -0.2) is 9.78 Å². The molecule has 0 amide bonds. The van der Waals surface area contributed by atoms with E-state index < -0.39 is 0 Å². The topological polar surface area (TPSA) is 82.8 Å². The van der Waals surface area contributed by atoms with Gasteiger partial charge in [-0.15, -0.1) is 0 Å². The fourth-order valence-electron chi connectivity index (χ4n) is 2.22. The van der Waals surface area contributed by atoms with Gasteiger partial charge in [-0.3, -0.25) is 0 Å². The number of carbonyl (C=O) groups is 1. The maximum absolute atomic E-state index is 11.4. The van der Waals surface area contributed by atoms with Crippen molar-refractivity contribution in [3.05, 3.63) is 47.5 Å². The van der Waals surface area contributed by atoms with E-state index >= 15 is 0 Å². The van der Waals surface area contributed by atoms with Gasteiger partial charge in [0.1, 0.15) is 11.5 Å². The number of anilines is 1. The van der Waals surface area contributed by atoms with Gasteiger partial charge >= 0.3 is 5.97 Å². The van der Waals surface area contributed by atoms with Crippen LogP contribution in [0.3, 0.4) is 0 Å². The number of hydrogen-bond donors (Lipinski definition) is 3. The molecule has 2 aromatic heterocycles. The van der Waals surface area contributed by atoms with Crippen LogP contribution in [0.15, 0.2) is 30.3 Å². The predicted octanol–water partition coefficient (Wildman–Crippen LogP) is 2.60. The van der Waals surface area contributed by atoms with Crippen molar-refractivity contribution in [2.24, 2.45) is 0 Å². The van der Waals surface area contributed by atoms with Gasteiger partial charge in [-0.1, -0.05) is 0 Å². The van der Waals surface area contributed by atoms with Gasteiger partial charge in [0.05, 0.1) is 24.7 Å². The van der Waals surface area contributed by atoms with Crippen LogP contribution in [0.2, 0.25) is 0 Å². The van der Waals surface area contributed by atoms with Crippen LogP contribution in [0, 0.1) is 6.92 Å². The number of carbonyl (C=O) groups excluding carboxylic acids is 1. The number of nitrogens with one attached hydrogen (secondary N) is 3. The smallest absolute Gasteiger partial charge is 0.354 e. The third-order valence-corrected chi connectivity index (χ3v) is 3.23. The molecule has 0 radical (unpaired) electrons. The van der Waals surface area contributed by atoms with Crippen LogP contribution in [-0.4, -0.2) is 28.0 Å². The van der Waals surface area contributed by atoms with Crippen molar-refractivity contribution in [3.8, 4) is 0 Å². The largest absolute Gasteiger partial charge is 0.464 e. The van der Waals surface area contributed by atoms with Crippen molar-refractivity contribution in [2.45, 2.75) is 13.5 Å². The second-order valence-corrected chi connectivity index (χ2v) is 4.80. The minimum absolute atomic E-state index is 0.365. The molecule has 0 aliphatic rings. The molecule has 3 aromatic rings. The Morgan fingerprint density at radius 2 is 2.14 bits per heavy atom. The number of ether oxygens (including phenoxy) is 1. The van der Waals surface area contributed by atoms with Crippen molar-refractivity contribution >= 4 is 22.7 Å². The second kappa shape index (κ2) is 5.32. The first-order chi connectivity index (χ1) is 10.2. The lowest BCUT2D eigenvalue weighted by atomic mass is 10.2. The van der Waals surface area contributed by atoms with E-state index in [1.54, 1.807) is 6.07 Å². The first-order valence-corrected chi connectivity index (χ1v) is 6.62. The van der Waals surface area contributed by atoms with E-state index in [-0.39, 0.29) is 5.97 Å². The lowest BCUT2D eigenvalue weighted by Crippen LogP contribution is -2.03. The first kappa shape index (κ1) is 13.2. The average Bonchev–Trinajstić information content (AvgIpc) is 3.09. The van der Waals surface area contributed by atoms with Gasteiger partial charge in [-0.2, -0.15) is 0 Å². The molecule has 0 saturated heterocycles. The van der Waals surface area contributed by atoms with Crippen molar-refractivity contribution in [2.75, 3.05) is 12.4 Å². The van der Waals surface area contributed by atoms with Crippen LogP contribution >= 0.6 is 0 Å². The molecule has 0 spiro atoms. The van der Waals surface area contributed by atoms with E-state index in [1.165, 1.54) is 7.11 Å². The third kappa shape index (κ3) is 2.74. The number of benzene rings is 1. The molecular formula is C15H16N4O2. The maximum atomic E-state index is 11.4. The third-order valence-electron chi connectivity index (χ3n) is 3.23. The number of H-pyrrole nitrogens is 2. The zero-order valence-electron chi connectivity index (χ0n) is 11.9. The highest BCUT2D eigenvalue weighted by Gasteiger charge is 2.07. The van der Waals surface area contributed by atoms with Crippen molar-refractivity contribution < 1.29 is 9.53 Å². The summed E-state index contributed by atoms with van der Waals surface area (Å²) in [6, 6.07) is 9.53. The number of hydrogen-bond acceptors (Lipinski definition) is 4. The fourth-order valence-corrected chi connectivity index (χ4v) is 2.22. The first-order valence-electron chi connectivity index (χ1n) is 6.62. The molecule has 0 aliphatic heterocycles. The summed E-state index contributed by atoms with van der Waals surface area (Å²) in [6.07, 6.45) is 0. The van der Waals surface area contributed by atoms with Crippen LogP contribution in [0.4, 0.5) is 5.69 Å². The highest BCUT2D eigenvalue weighted by Crippen LogP contribution is 2.17. The molecule has 0 atom stereocenters. The molecule has 2 heterocycles. The maximum Gasteiger partial charge on any atom is 0.354 e. The van der Waals surface area contributed by atoms with Gasteiger partial charge in [0.2, 0.25) is 0 Å². The van der Waals surface area contributed by atoms with Gasteiger partial charge in [0.25, 0.3) is 0 Å². The van der Waals surface area contributed by atoms with Crippen LogP contribution in [0.25, 0.3) is 11.0 Å². The highest BCUT2D eigenvalue weighted by atomic mass is 16.5. The van der Waals surface area contributed by atoms with Gasteiger partial charge in [0.15, 0.2) is 0 Å². The van der Waals surface area contributed by atoms with Crippen LogP contribution in [0.1, 0.15) is 22.0 Å². The Morgan fingerprint density at radius 1 is 1.29 bits per heavy atom. The number of aryl methyl sites for hydroxylation is 1. The standard InChI is InChI=1S/C15H16N4O2/c1-9-17-12-5-3-10(7-14(12)18-9)16-8-11-4-6-13(19-11)15(20)21-2/h3-7,16,19H,8H2,1-2H3,(H,17,18). The Kier molecular flexibility index (Phi) is 3.35. The number of esters is 1. The monoisotopic (exact) mass is 284 g/mol. The number of methoxy groups -OCH3 is 1. The highest BCUT2D eigenvalue weighted by molar-refractivity contribution is 5.87. The summed E-state index contributed by atoms with van der Waals surface area (Å²) < 4.78 is 4.66. The zero-order chi connectivity index (χ0) is 14.8. The summed E-state index contributed by atoms with van der Waals surface area (Å²) in [4.78, 5) is 22.0. The number of aromatic nitrogens is 3. The molecule has 3 rings (SSSR count). The number of fused-ring (bicyclic) bond motifs is 1. The number of rotatable bonds is 4.